The van der Waals surface area contributed by atoms with E-state index >= 15 is 0 Å². The quantitative estimate of drug-likeness (QED) is 0.391. The van der Waals surface area contributed by atoms with E-state index in [2.05, 4.69) is 24.9 Å². The van der Waals surface area contributed by atoms with Crippen molar-refractivity contribution in [1.29, 1.82) is 0 Å². The highest BCUT2D eigenvalue weighted by Gasteiger charge is 2.16. The fraction of sp³-hybridized carbons (Fsp3) is 0.375. The van der Waals surface area contributed by atoms with Gasteiger partial charge in [-0.3, -0.25) is 10.1 Å². The van der Waals surface area contributed by atoms with Gasteiger partial charge in [-0.2, -0.15) is 0 Å². The monoisotopic (exact) mass is 392 g/mol. The zero-order valence-corrected chi connectivity index (χ0v) is 15.4. The Bertz CT molecular complexity index is 897. The molecule has 2 heterocycles. The van der Waals surface area contributed by atoms with Crippen LogP contribution in [0.4, 0.5) is 17.3 Å². The Kier molecular flexibility index (Phi) is 5.81. The first-order chi connectivity index (χ1) is 13.0. The highest BCUT2D eigenvalue weighted by atomic mass is 32.2. The van der Waals surface area contributed by atoms with Crippen molar-refractivity contribution in [3.05, 3.63) is 46.8 Å². The normalized spacial score (nSPS) is 14.3. The molecule has 0 radical (unpaired) electrons. The van der Waals surface area contributed by atoms with Crippen molar-refractivity contribution in [3.8, 4) is 0 Å². The predicted molar refractivity (Wildman–Crippen MR) is 100 cm³/mol. The van der Waals surface area contributed by atoms with Crippen LogP contribution in [0.15, 0.2) is 41.6 Å². The molecule has 1 aromatic heterocycles. The van der Waals surface area contributed by atoms with Gasteiger partial charge in [-0.1, -0.05) is 0 Å². The van der Waals surface area contributed by atoms with E-state index in [1.807, 2.05) is 6.07 Å². The van der Waals surface area contributed by atoms with Gasteiger partial charge in [0.1, 0.15) is 18.0 Å². The molecule has 2 aromatic rings. The van der Waals surface area contributed by atoms with Gasteiger partial charge in [0.15, 0.2) is 0 Å². The van der Waals surface area contributed by atoms with Gasteiger partial charge in [0.05, 0.1) is 9.82 Å². The van der Waals surface area contributed by atoms with Gasteiger partial charge in [-0.05, 0) is 25.0 Å². The summed E-state index contributed by atoms with van der Waals surface area (Å²) in [7, 11) is -3.73. The number of sulfonamides is 1. The number of non-ortho nitro benzene ring substituents is 1. The third-order valence-electron chi connectivity index (χ3n) is 4.16. The number of aromatic nitrogens is 2. The molecule has 0 amide bonds. The Labute approximate surface area is 156 Å². The molecule has 0 aliphatic carbocycles. The molecule has 0 bridgehead atoms. The number of rotatable bonds is 8. The molecule has 1 aliphatic heterocycles. The highest BCUT2D eigenvalue weighted by molar-refractivity contribution is 7.89. The molecule has 11 heteroatoms. The molecule has 144 valence electrons. The van der Waals surface area contributed by atoms with Gasteiger partial charge in [0.2, 0.25) is 10.0 Å². The zero-order valence-electron chi connectivity index (χ0n) is 14.5. The number of nitrogens with zero attached hydrogens (tertiary/aromatic N) is 4. The van der Waals surface area contributed by atoms with Crippen LogP contribution < -0.4 is 14.9 Å². The van der Waals surface area contributed by atoms with E-state index in [0.717, 1.165) is 43.9 Å². The topological polar surface area (TPSA) is 130 Å². The smallest absolute Gasteiger partial charge is 0.269 e. The Hall–Kier alpha value is -2.79. The molecule has 0 saturated carbocycles. The first-order valence-corrected chi connectivity index (χ1v) is 9.99. The molecule has 0 atom stereocenters. The second kappa shape index (κ2) is 8.27. The number of benzene rings is 1. The summed E-state index contributed by atoms with van der Waals surface area (Å²) in [5, 5.41) is 13.7. The Morgan fingerprint density at radius 1 is 1.11 bits per heavy atom. The van der Waals surface area contributed by atoms with Crippen LogP contribution in [0.3, 0.4) is 0 Å². The highest BCUT2D eigenvalue weighted by Crippen LogP contribution is 2.19. The lowest BCUT2D eigenvalue weighted by molar-refractivity contribution is -0.384. The number of nitro groups is 1. The second-order valence-electron chi connectivity index (χ2n) is 6.03. The molecule has 0 unspecified atom stereocenters. The van der Waals surface area contributed by atoms with E-state index in [1.54, 1.807) is 0 Å². The van der Waals surface area contributed by atoms with Crippen LogP contribution in [0.1, 0.15) is 12.8 Å². The lowest BCUT2D eigenvalue weighted by Crippen LogP contribution is -2.29. The van der Waals surface area contributed by atoms with Crippen LogP contribution in [-0.4, -0.2) is 49.5 Å². The first-order valence-electron chi connectivity index (χ1n) is 8.51. The minimum Gasteiger partial charge on any atom is -0.369 e. The van der Waals surface area contributed by atoms with Crippen molar-refractivity contribution in [1.82, 2.24) is 14.7 Å². The molecule has 10 nitrogen and oxygen atoms in total. The van der Waals surface area contributed by atoms with Crippen LogP contribution >= 0.6 is 0 Å². The van der Waals surface area contributed by atoms with Crippen molar-refractivity contribution in [2.75, 3.05) is 36.4 Å². The standard InChI is InChI=1S/C16H20N6O4S/c23-22(24)13-3-5-14(6-4-13)27(25,26)20-8-7-17-15-11-16(19-12-18-15)21-9-1-2-10-21/h3-6,11-12,20H,1-2,7-10H2,(H,17,18,19). The van der Waals surface area contributed by atoms with Gasteiger partial charge < -0.3 is 10.2 Å². The molecule has 0 spiro atoms. The van der Waals surface area contributed by atoms with Gasteiger partial charge >= 0.3 is 0 Å². The average Bonchev–Trinajstić information content (AvgIpc) is 3.20. The van der Waals surface area contributed by atoms with Crippen molar-refractivity contribution in [2.45, 2.75) is 17.7 Å². The Morgan fingerprint density at radius 2 is 1.81 bits per heavy atom. The van der Waals surface area contributed by atoms with E-state index in [4.69, 9.17) is 0 Å². The summed E-state index contributed by atoms with van der Waals surface area (Å²) in [6.07, 6.45) is 3.78. The summed E-state index contributed by atoms with van der Waals surface area (Å²) >= 11 is 0. The van der Waals surface area contributed by atoms with Crippen molar-refractivity contribution >= 4 is 27.3 Å². The largest absolute Gasteiger partial charge is 0.369 e. The number of anilines is 2. The van der Waals surface area contributed by atoms with Crippen molar-refractivity contribution in [3.63, 3.8) is 0 Å². The number of nitro benzene ring substituents is 1. The molecule has 1 aromatic carbocycles. The van der Waals surface area contributed by atoms with E-state index in [0.29, 0.717) is 12.4 Å². The fourth-order valence-electron chi connectivity index (χ4n) is 2.77. The van der Waals surface area contributed by atoms with Gasteiger partial charge in [0.25, 0.3) is 5.69 Å². The number of hydrogen-bond donors (Lipinski definition) is 2. The minimum atomic E-state index is -3.73. The number of nitrogens with one attached hydrogen (secondary N) is 2. The molecular formula is C16H20N6O4S. The van der Waals surface area contributed by atoms with E-state index < -0.39 is 14.9 Å². The SMILES string of the molecule is O=[N+]([O-])c1ccc(S(=O)(=O)NCCNc2cc(N3CCCC3)ncn2)cc1. The van der Waals surface area contributed by atoms with Crippen molar-refractivity contribution < 1.29 is 13.3 Å². The van der Waals surface area contributed by atoms with Crippen LogP contribution in [0.5, 0.6) is 0 Å². The Balaban J connectivity index is 1.52. The average molecular weight is 392 g/mol. The fourth-order valence-corrected chi connectivity index (χ4v) is 3.80. The summed E-state index contributed by atoms with van der Waals surface area (Å²) in [5.74, 6) is 1.48. The predicted octanol–water partition coefficient (Wildman–Crippen LogP) is 1.38. The summed E-state index contributed by atoms with van der Waals surface area (Å²) in [4.78, 5) is 20.6. The first kappa shape index (κ1) is 19.0. The van der Waals surface area contributed by atoms with E-state index in [1.165, 1.54) is 18.5 Å². The van der Waals surface area contributed by atoms with E-state index in [9.17, 15) is 18.5 Å². The van der Waals surface area contributed by atoms with Gasteiger partial charge in [-0.15, -0.1) is 0 Å². The third-order valence-corrected chi connectivity index (χ3v) is 5.64. The van der Waals surface area contributed by atoms with Crippen LogP contribution in [0.25, 0.3) is 0 Å². The van der Waals surface area contributed by atoms with Crippen LogP contribution in [0, 0.1) is 10.1 Å². The van der Waals surface area contributed by atoms with Crippen molar-refractivity contribution in [2.24, 2.45) is 0 Å². The third kappa shape index (κ3) is 4.89. The maximum Gasteiger partial charge on any atom is 0.269 e. The van der Waals surface area contributed by atoms with Gasteiger partial charge in [-0.25, -0.2) is 23.1 Å². The van der Waals surface area contributed by atoms with Crippen LogP contribution in [0.2, 0.25) is 0 Å². The maximum absolute atomic E-state index is 12.2. The minimum absolute atomic E-state index is 0.0218. The zero-order chi connectivity index (χ0) is 19.3. The molecule has 27 heavy (non-hydrogen) atoms. The lowest BCUT2D eigenvalue weighted by atomic mass is 10.3. The summed E-state index contributed by atoms with van der Waals surface area (Å²) in [5.41, 5.74) is -0.159. The molecule has 1 aliphatic rings. The summed E-state index contributed by atoms with van der Waals surface area (Å²) in [6.45, 7) is 2.43. The van der Waals surface area contributed by atoms with Gasteiger partial charge in [0, 0.05) is 44.4 Å². The maximum atomic E-state index is 12.2. The molecular weight excluding hydrogens is 372 g/mol. The molecule has 3 rings (SSSR count). The Morgan fingerprint density at radius 3 is 2.48 bits per heavy atom. The summed E-state index contributed by atoms with van der Waals surface area (Å²) < 4.78 is 26.9. The summed E-state index contributed by atoms with van der Waals surface area (Å²) in [6, 6.07) is 6.58. The molecule has 1 fully saturated rings. The lowest BCUT2D eigenvalue weighted by Gasteiger charge is -2.16. The molecule has 2 N–H and O–H groups in total. The number of hydrogen-bond acceptors (Lipinski definition) is 8. The van der Waals surface area contributed by atoms with Crippen LogP contribution in [-0.2, 0) is 10.0 Å². The van der Waals surface area contributed by atoms with E-state index in [-0.39, 0.29) is 17.1 Å². The second-order valence-corrected chi connectivity index (χ2v) is 7.80. The molecule has 1 saturated heterocycles.